The number of hydrogen-bond acceptors (Lipinski definition) is 2. The van der Waals surface area contributed by atoms with Crippen LogP contribution in [0.4, 0.5) is 0 Å². The number of imidazole rings is 1. The van der Waals surface area contributed by atoms with Gasteiger partial charge >= 0.3 is 0 Å². The Kier molecular flexibility index (Phi) is 7.52. The van der Waals surface area contributed by atoms with Crippen molar-refractivity contribution >= 4 is 54.5 Å². The van der Waals surface area contributed by atoms with Crippen molar-refractivity contribution in [3.8, 4) is 39.3 Å². The molecule has 3 heteroatoms. The molecule has 0 atom stereocenters. The molecule has 0 N–H and O–H groups in total. The lowest BCUT2D eigenvalue weighted by Gasteiger charge is -2.24. The smallest absolute Gasteiger partial charge is 0.149 e. The van der Waals surface area contributed by atoms with E-state index in [-0.39, 0.29) is 11.8 Å². The van der Waals surface area contributed by atoms with Gasteiger partial charge in [-0.25, -0.2) is 4.98 Å². The topological polar surface area (TPSA) is 31.0 Å². The third kappa shape index (κ3) is 5.07. The highest BCUT2D eigenvalue weighted by atomic mass is 16.3. The van der Waals surface area contributed by atoms with Gasteiger partial charge in [-0.3, -0.25) is 4.57 Å². The van der Waals surface area contributed by atoms with Crippen LogP contribution >= 0.6 is 0 Å². The largest absolute Gasteiger partial charge is 0.455 e. The van der Waals surface area contributed by atoms with Crippen LogP contribution in [0.1, 0.15) is 50.7 Å². The van der Waals surface area contributed by atoms with Gasteiger partial charge in [-0.1, -0.05) is 137 Å². The summed E-state index contributed by atoms with van der Waals surface area (Å²) in [6, 6.07) is 56.9. The van der Waals surface area contributed by atoms with Crippen LogP contribution in [-0.4, -0.2) is 9.55 Å². The minimum Gasteiger partial charge on any atom is -0.455 e. The molecule has 0 aliphatic rings. The molecule has 0 spiro atoms. The molecule has 0 fully saturated rings. The Morgan fingerprint density at radius 3 is 1.78 bits per heavy atom. The van der Waals surface area contributed by atoms with Gasteiger partial charge in [-0.15, -0.1) is 0 Å². The first-order chi connectivity index (χ1) is 26.4. The Hall–Kier alpha value is -6.45. The molecule has 8 aromatic carbocycles. The van der Waals surface area contributed by atoms with E-state index in [0.717, 1.165) is 49.7 Å². The van der Waals surface area contributed by atoms with Crippen LogP contribution in [0.2, 0.25) is 0 Å². The van der Waals surface area contributed by atoms with Crippen molar-refractivity contribution in [1.29, 1.82) is 0 Å². The first-order valence-corrected chi connectivity index (χ1v) is 19.0. The molecule has 54 heavy (non-hydrogen) atoms. The Balaban J connectivity index is 1.22. The van der Waals surface area contributed by atoms with Gasteiger partial charge in [0.1, 0.15) is 17.0 Å². The molecule has 260 valence electrons. The third-order valence-corrected chi connectivity index (χ3v) is 11.1. The maximum atomic E-state index is 7.06. The molecule has 2 aromatic heterocycles. The number of furan rings is 1. The predicted octanol–water partition coefficient (Wildman–Crippen LogP) is 14.5. The van der Waals surface area contributed by atoms with E-state index in [1.54, 1.807) is 0 Å². The minimum absolute atomic E-state index is 0.280. The van der Waals surface area contributed by atoms with Crippen LogP contribution in [0, 0.1) is 0 Å². The summed E-state index contributed by atoms with van der Waals surface area (Å²) in [6.45, 7) is 9.20. The second-order valence-electron chi connectivity index (χ2n) is 15.1. The normalized spacial score (nSPS) is 12.0. The van der Waals surface area contributed by atoms with Crippen LogP contribution < -0.4 is 0 Å². The van der Waals surface area contributed by atoms with Crippen LogP contribution in [0.15, 0.2) is 162 Å². The van der Waals surface area contributed by atoms with Gasteiger partial charge in [0.25, 0.3) is 0 Å². The van der Waals surface area contributed by atoms with E-state index in [4.69, 9.17) is 9.40 Å². The lowest BCUT2D eigenvalue weighted by atomic mass is 9.88. The molecule has 0 unspecified atom stereocenters. The van der Waals surface area contributed by atoms with Crippen molar-refractivity contribution in [1.82, 2.24) is 9.55 Å². The van der Waals surface area contributed by atoms with Gasteiger partial charge in [0.15, 0.2) is 0 Å². The van der Waals surface area contributed by atoms with E-state index in [2.05, 4.69) is 190 Å². The van der Waals surface area contributed by atoms with E-state index in [1.165, 1.54) is 55.2 Å². The fourth-order valence-electron chi connectivity index (χ4n) is 8.44. The summed E-state index contributed by atoms with van der Waals surface area (Å²) in [4.78, 5) is 5.40. The summed E-state index contributed by atoms with van der Waals surface area (Å²) in [6.07, 6.45) is 0. The molecule has 0 aliphatic carbocycles. The average Bonchev–Trinajstić information content (AvgIpc) is 3.79. The van der Waals surface area contributed by atoms with Crippen molar-refractivity contribution in [2.24, 2.45) is 0 Å². The molecule has 10 aromatic rings. The number of hydrogen-bond donors (Lipinski definition) is 0. The highest BCUT2D eigenvalue weighted by Gasteiger charge is 2.25. The monoisotopic (exact) mass is 696 g/mol. The van der Waals surface area contributed by atoms with Crippen LogP contribution in [0.5, 0.6) is 0 Å². The molecule has 0 aliphatic heterocycles. The number of benzene rings is 8. The Bertz CT molecular complexity index is 3010. The van der Waals surface area contributed by atoms with Crippen molar-refractivity contribution in [2.45, 2.75) is 39.5 Å². The molecule has 0 bridgehead atoms. The predicted molar refractivity (Wildman–Crippen MR) is 228 cm³/mol. The highest BCUT2D eigenvalue weighted by molar-refractivity contribution is 6.22. The minimum atomic E-state index is 0.280. The highest BCUT2D eigenvalue weighted by Crippen LogP contribution is 2.44. The molecule has 0 saturated carbocycles. The maximum absolute atomic E-state index is 7.06. The van der Waals surface area contributed by atoms with Crippen molar-refractivity contribution < 1.29 is 4.42 Å². The molecular weight excluding hydrogens is 657 g/mol. The van der Waals surface area contributed by atoms with E-state index < -0.39 is 0 Å². The van der Waals surface area contributed by atoms with Gasteiger partial charge in [0, 0.05) is 16.2 Å². The van der Waals surface area contributed by atoms with Gasteiger partial charge in [-0.05, 0) is 110 Å². The third-order valence-electron chi connectivity index (χ3n) is 11.1. The van der Waals surface area contributed by atoms with Crippen LogP contribution in [0.25, 0.3) is 93.8 Å². The quantitative estimate of drug-likeness (QED) is 0.162. The number of aromatic nitrogens is 2. The number of fused-ring (bicyclic) bond motifs is 8. The fourth-order valence-corrected chi connectivity index (χ4v) is 8.44. The summed E-state index contributed by atoms with van der Waals surface area (Å²) < 4.78 is 9.47. The van der Waals surface area contributed by atoms with E-state index in [1.807, 2.05) is 0 Å². The number of nitrogens with zero attached hydrogens (tertiary/aromatic N) is 2. The van der Waals surface area contributed by atoms with Gasteiger partial charge in [0.2, 0.25) is 0 Å². The van der Waals surface area contributed by atoms with E-state index in [0.29, 0.717) is 0 Å². The van der Waals surface area contributed by atoms with Crippen molar-refractivity contribution in [3.63, 3.8) is 0 Å². The van der Waals surface area contributed by atoms with Crippen molar-refractivity contribution in [2.75, 3.05) is 0 Å². The molecular formula is C51H40N2O. The SMILES string of the molecule is CC(C)c1cc(-c2ccccc2)cc(C(C)C)c1-n1c(-c2cccc3c2oc2c3ccc3c4ccc(-c5ccccc5)cc4ccc32)nc2ccccc21. The zero-order chi connectivity index (χ0) is 36.5. The molecule has 3 nitrogen and oxygen atoms in total. The second kappa shape index (κ2) is 12.6. The summed E-state index contributed by atoms with van der Waals surface area (Å²) >= 11 is 0. The van der Waals surface area contributed by atoms with Crippen LogP contribution in [-0.2, 0) is 0 Å². The van der Waals surface area contributed by atoms with Gasteiger partial charge < -0.3 is 4.42 Å². The van der Waals surface area contributed by atoms with E-state index >= 15 is 0 Å². The Labute approximate surface area is 315 Å². The first kappa shape index (κ1) is 32.2. The standard InChI is InChI=1S/C51H40N2O/c1-31(2)44-29-37(34-16-9-6-10-17-34)30-45(32(3)4)48(44)53-47-21-12-11-20-46(47)52-51(53)43-19-13-18-40-42-27-26-39-38-24-22-35(33-14-7-5-8-15-33)28-36(38)23-25-41(39)49(42)54-50(40)43/h5-32H,1-4H3. The summed E-state index contributed by atoms with van der Waals surface area (Å²) in [5, 5.41) is 6.94. The Morgan fingerprint density at radius 1 is 0.463 bits per heavy atom. The molecule has 0 amide bonds. The molecule has 0 saturated heterocycles. The summed E-state index contributed by atoms with van der Waals surface area (Å²) in [5.41, 5.74) is 13.5. The second-order valence-corrected chi connectivity index (χ2v) is 15.1. The lowest BCUT2D eigenvalue weighted by molar-refractivity contribution is 0.673. The molecule has 0 radical (unpaired) electrons. The fraction of sp³-hybridized carbons (Fsp3) is 0.118. The van der Waals surface area contributed by atoms with E-state index in [9.17, 15) is 0 Å². The lowest BCUT2D eigenvalue weighted by Crippen LogP contribution is -2.09. The zero-order valence-electron chi connectivity index (χ0n) is 31.0. The van der Waals surface area contributed by atoms with Crippen molar-refractivity contribution in [3.05, 3.63) is 169 Å². The molecule has 10 rings (SSSR count). The maximum Gasteiger partial charge on any atom is 0.149 e. The van der Waals surface area contributed by atoms with Gasteiger partial charge in [0.05, 0.1) is 22.3 Å². The molecule has 2 heterocycles. The average molecular weight is 697 g/mol. The van der Waals surface area contributed by atoms with Crippen LogP contribution in [0.3, 0.4) is 0 Å². The zero-order valence-corrected chi connectivity index (χ0v) is 31.0. The van der Waals surface area contributed by atoms with Gasteiger partial charge in [-0.2, -0.15) is 0 Å². The number of para-hydroxylation sites is 3. The number of rotatable bonds is 6. The summed E-state index contributed by atoms with van der Waals surface area (Å²) in [5.74, 6) is 1.45. The first-order valence-electron chi connectivity index (χ1n) is 19.0. The summed E-state index contributed by atoms with van der Waals surface area (Å²) in [7, 11) is 0. The Morgan fingerprint density at radius 2 is 1.06 bits per heavy atom.